The third kappa shape index (κ3) is 5.42. The molecule has 9 nitrogen and oxygen atoms in total. The van der Waals surface area contributed by atoms with Crippen LogP contribution in [-0.2, 0) is 16.0 Å². The van der Waals surface area contributed by atoms with Gasteiger partial charge < -0.3 is 19.6 Å². The maximum Gasteiger partial charge on any atom is 0.410 e. The summed E-state index contributed by atoms with van der Waals surface area (Å²) in [7, 11) is 0. The summed E-state index contributed by atoms with van der Waals surface area (Å²) < 4.78 is 5.49. The van der Waals surface area contributed by atoms with E-state index in [0.29, 0.717) is 37.7 Å². The Morgan fingerprint density at radius 2 is 1.80 bits per heavy atom. The number of carboxylic acid groups (broad SMARTS) is 1. The van der Waals surface area contributed by atoms with Crippen LogP contribution in [0.2, 0.25) is 0 Å². The predicted octanol–water partition coefficient (Wildman–Crippen LogP) is 4.32. The number of benzene rings is 1. The monoisotopic (exact) mass is 500 g/mol. The molecule has 3 heterocycles. The van der Waals surface area contributed by atoms with Crippen LogP contribution >= 0.6 is 11.3 Å². The molecule has 2 aliphatic heterocycles. The highest BCUT2D eigenvalue weighted by Gasteiger charge is 2.43. The number of anilines is 1. The highest BCUT2D eigenvalue weighted by atomic mass is 32.1. The van der Waals surface area contributed by atoms with Gasteiger partial charge in [0.05, 0.1) is 23.7 Å². The summed E-state index contributed by atoms with van der Waals surface area (Å²) in [5.41, 5.74) is 1.22. The van der Waals surface area contributed by atoms with Gasteiger partial charge in [-0.25, -0.2) is 14.6 Å². The van der Waals surface area contributed by atoms with Gasteiger partial charge in [0.2, 0.25) is 0 Å². The minimum atomic E-state index is -0.837. The smallest absolute Gasteiger partial charge is 0.410 e. The molecule has 0 bridgehead atoms. The fourth-order valence-corrected chi connectivity index (χ4v) is 5.10. The maximum atomic E-state index is 13.1. The van der Waals surface area contributed by atoms with Crippen molar-refractivity contribution in [2.24, 2.45) is 5.41 Å². The summed E-state index contributed by atoms with van der Waals surface area (Å²) in [5.74, 6) is -0.827. The number of carbonyl (C=O) groups is 3. The summed E-state index contributed by atoms with van der Waals surface area (Å²) in [6, 6.07) is 7.51. The number of carbonyl (C=O) groups excluding carboxylic acids is 2. The van der Waals surface area contributed by atoms with Crippen LogP contribution in [0.3, 0.4) is 0 Å². The number of aromatic nitrogens is 1. The lowest BCUT2D eigenvalue weighted by molar-refractivity contribution is -0.146. The van der Waals surface area contributed by atoms with Crippen molar-refractivity contribution in [2.75, 3.05) is 31.1 Å². The maximum absolute atomic E-state index is 13.1. The van der Waals surface area contributed by atoms with Crippen LogP contribution in [0.5, 0.6) is 0 Å². The lowest BCUT2D eigenvalue weighted by Gasteiger charge is -2.36. The molecule has 35 heavy (non-hydrogen) atoms. The molecule has 0 saturated carbocycles. The lowest BCUT2D eigenvalue weighted by Crippen LogP contribution is -2.54. The van der Waals surface area contributed by atoms with Gasteiger partial charge in [-0.1, -0.05) is 24.3 Å². The molecular weight excluding hydrogens is 468 g/mol. The molecule has 0 radical (unpaired) electrons. The third-order valence-electron chi connectivity index (χ3n) is 6.20. The van der Waals surface area contributed by atoms with Gasteiger partial charge in [0, 0.05) is 30.6 Å². The zero-order valence-electron chi connectivity index (χ0n) is 20.8. The Bertz CT molecular complexity index is 1120. The van der Waals surface area contributed by atoms with Crippen molar-refractivity contribution in [1.82, 2.24) is 14.8 Å². The number of urea groups is 1. The molecule has 1 atom stereocenters. The van der Waals surface area contributed by atoms with Crippen molar-refractivity contribution in [3.05, 3.63) is 35.2 Å². The Morgan fingerprint density at radius 3 is 2.43 bits per heavy atom. The van der Waals surface area contributed by atoms with Crippen molar-refractivity contribution in [1.29, 1.82) is 0 Å². The number of piperazine rings is 1. The number of hydrogen-bond acceptors (Lipinski definition) is 6. The average Bonchev–Trinajstić information content (AvgIpc) is 3.37. The summed E-state index contributed by atoms with van der Waals surface area (Å²) in [6.45, 7) is 10.8. The van der Waals surface area contributed by atoms with E-state index in [9.17, 15) is 19.5 Å². The molecule has 0 unspecified atom stereocenters. The van der Waals surface area contributed by atoms with Crippen LogP contribution in [-0.4, -0.2) is 75.8 Å². The molecule has 10 heteroatoms. The number of rotatable bonds is 5. The summed E-state index contributed by atoms with van der Waals surface area (Å²) >= 11 is 1.41. The fourth-order valence-electron chi connectivity index (χ4n) is 4.26. The number of fused-ring (bicyclic) bond motifs is 1. The molecule has 0 aliphatic carbocycles. The number of aliphatic carboxylic acids is 1. The topological polar surface area (TPSA) is 103 Å². The molecule has 2 aromatic rings. The number of ether oxygens (including phenoxy) is 1. The van der Waals surface area contributed by atoms with Gasteiger partial charge in [-0.05, 0) is 46.6 Å². The first-order valence-electron chi connectivity index (χ1n) is 11.7. The molecule has 0 spiro atoms. The SMILES string of the molecule is CC(C)(C)OC(=O)N1CCN2C(=O)N(c3nc(-c4ccc(CC(C)(C)C(=O)O)cc4)cs3)C[C@@H]2C1. The second kappa shape index (κ2) is 9.14. The van der Waals surface area contributed by atoms with E-state index in [1.807, 2.05) is 50.4 Å². The van der Waals surface area contributed by atoms with Gasteiger partial charge in [-0.3, -0.25) is 9.69 Å². The fraction of sp³-hybridized carbons (Fsp3) is 0.520. The van der Waals surface area contributed by atoms with Gasteiger partial charge in [0.15, 0.2) is 5.13 Å². The van der Waals surface area contributed by atoms with Gasteiger partial charge >= 0.3 is 18.1 Å². The molecule has 1 aromatic heterocycles. The minimum Gasteiger partial charge on any atom is -0.481 e. The van der Waals surface area contributed by atoms with Gasteiger partial charge in [-0.15, -0.1) is 11.3 Å². The Morgan fingerprint density at radius 1 is 1.11 bits per heavy atom. The van der Waals surface area contributed by atoms with Crippen LogP contribution in [0.4, 0.5) is 14.7 Å². The van der Waals surface area contributed by atoms with Crippen molar-refractivity contribution >= 4 is 34.6 Å². The quantitative estimate of drug-likeness (QED) is 0.656. The van der Waals surface area contributed by atoms with Crippen LogP contribution in [0.1, 0.15) is 40.2 Å². The standard InChI is InChI=1S/C25H32N4O5S/c1-24(2,3)34-23(33)27-10-11-28-18(13-27)14-29(22(28)32)21-26-19(15-35-21)17-8-6-16(7-9-17)12-25(4,5)20(30)31/h6-9,15,18H,10-14H2,1-5H3,(H,30,31)/t18-/m0/s1. The van der Waals surface area contributed by atoms with Crippen LogP contribution in [0, 0.1) is 5.41 Å². The normalized spacial score (nSPS) is 18.6. The van der Waals surface area contributed by atoms with Gasteiger partial charge in [-0.2, -0.15) is 0 Å². The van der Waals surface area contributed by atoms with E-state index < -0.39 is 17.0 Å². The van der Waals surface area contributed by atoms with E-state index in [1.165, 1.54) is 11.3 Å². The van der Waals surface area contributed by atoms with Gasteiger partial charge in [0.25, 0.3) is 0 Å². The lowest BCUT2D eigenvalue weighted by atomic mass is 9.86. The summed E-state index contributed by atoms with van der Waals surface area (Å²) in [4.78, 5) is 46.8. The average molecular weight is 501 g/mol. The number of hydrogen-bond donors (Lipinski definition) is 1. The predicted molar refractivity (Wildman–Crippen MR) is 134 cm³/mol. The van der Waals surface area contributed by atoms with E-state index in [0.717, 1.165) is 16.8 Å². The third-order valence-corrected chi connectivity index (χ3v) is 7.07. The number of nitrogens with zero attached hydrogens (tertiary/aromatic N) is 4. The molecule has 2 saturated heterocycles. The Balaban J connectivity index is 1.42. The van der Waals surface area contributed by atoms with Crippen LogP contribution in [0.15, 0.2) is 29.6 Å². The first-order chi connectivity index (χ1) is 16.3. The molecule has 1 N–H and O–H groups in total. The first-order valence-corrected chi connectivity index (χ1v) is 12.6. The summed E-state index contributed by atoms with van der Waals surface area (Å²) in [6.07, 6.45) is 0.0832. The van der Waals surface area contributed by atoms with E-state index in [1.54, 1.807) is 28.5 Å². The molecule has 2 aliphatic rings. The second-order valence-electron chi connectivity index (χ2n) is 10.7. The Labute approximate surface area is 209 Å². The van der Waals surface area contributed by atoms with Gasteiger partial charge in [0.1, 0.15) is 5.60 Å². The molecule has 188 valence electrons. The van der Waals surface area contributed by atoms with Crippen molar-refractivity contribution in [2.45, 2.75) is 52.7 Å². The molecular formula is C25H32N4O5S. The van der Waals surface area contributed by atoms with Crippen molar-refractivity contribution in [3.63, 3.8) is 0 Å². The number of amides is 3. The van der Waals surface area contributed by atoms with Crippen molar-refractivity contribution in [3.8, 4) is 11.3 Å². The second-order valence-corrected chi connectivity index (χ2v) is 11.6. The van der Waals surface area contributed by atoms with E-state index >= 15 is 0 Å². The molecule has 2 fully saturated rings. The van der Waals surface area contributed by atoms with Crippen molar-refractivity contribution < 1.29 is 24.2 Å². The molecule has 4 rings (SSSR count). The largest absolute Gasteiger partial charge is 0.481 e. The highest BCUT2D eigenvalue weighted by Crippen LogP contribution is 2.33. The highest BCUT2D eigenvalue weighted by molar-refractivity contribution is 7.14. The van der Waals surface area contributed by atoms with E-state index in [-0.39, 0.29) is 18.2 Å². The summed E-state index contributed by atoms with van der Waals surface area (Å²) in [5, 5.41) is 11.9. The number of thiazole rings is 1. The first kappa shape index (κ1) is 25.0. The Hall–Kier alpha value is -3.14. The number of carboxylic acids is 1. The molecule has 3 amide bonds. The Kier molecular flexibility index (Phi) is 6.52. The van der Waals surface area contributed by atoms with E-state index in [2.05, 4.69) is 0 Å². The van der Waals surface area contributed by atoms with Crippen LogP contribution in [0.25, 0.3) is 11.3 Å². The zero-order chi connectivity index (χ0) is 25.5. The molecule has 1 aromatic carbocycles. The van der Waals surface area contributed by atoms with E-state index in [4.69, 9.17) is 9.72 Å². The van der Waals surface area contributed by atoms with Crippen LogP contribution < -0.4 is 4.90 Å². The zero-order valence-corrected chi connectivity index (χ0v) is 21.6. The minimum absolute atomic E-state index is 0.0917.